The lowest BCUT2D eigenvalue weighted by atomic mass is 10.2. The van der Waals surface area contributed by atoms with Gasteiger partial charge in [-0.15, -0.1) is 5.10 Å². The molecule has 7 nitrogen and oxygen atoms in total. The van der Waals surface area contributed by atoms with E-state index < -0.39 is 0 Å². The van der Waals surface area contributed by atoms with Crippen molar-refractivity contribution in [2.75, 3.05) is 0 Å². The Bertz CT molecular complexity index is 1500. The van der Waals surface area contributed by atoms with Gasteiger partial charge in [0.2, 0.25) is 0 Å². The van der Waals surface area contributed by atoms with Crippen LogP contribution in [0.2, 0.25) is 0 Å². The van der Waals surface area contributed by atoms with Gasteiger partial charge in [-0.05, 0) is 78.0 Å². The van der Waals surface area contributed by atoms with Crippen molar-refractivity contribution in [3.05, 3.63) is 117 Å². The lowest BCUT2D eigenvalue weighted by Crippen LogP contribution is -2.28. The molecule has 5 rings (SSSR count). The number of halogens is 1. The number of amides is 1. The van der Waals surface area contributed by atoms with Gasteiger partial charge in [0.05, 0.1) is 23.9 Å². The molecule has 37 heavy (non-hydrogen) atoms. The number of nitrogens with zero attached hydrogens (tertiary/aromatic N) is 3. The van der Waals surface area contributed by atoms with Crippen molar-refractivity contribution in [2.24, 2.45) is 10.2 Å². The van der Waals surface area contributed by atoms with Crippen LogP contribution < -0.4 is 4.74 Å². The third kappa shape index (κ3) is 6.19. The quantitative estimate of drug-likeness (QED) is 0.145. The minimum Gasteiger partial charge on any atom is -0.507 e. The topological polar surface area (TPSA) is 87.6 Å². The molecule has 184 valence electrons. The molecule has 3 aromatic carbocycles. The van der Waals surface area contributed by atoms with Crippen molar-refractivity contribution in [2.45, 2.75) is 6.54 Å². The fraction of sp³-hybridized carbons (Fsp3) is 0.0357. The highest BCUT2D eigenvalue weighted by atomic mass is 79.9. The molecule has 1 saturated heterocycles. The number of benzene rings is 3. The molecule has 9 heteroatoms. The fourth-order valence-electron chi connectivity index (χ4n) is 3.49. The predicted molar refractivity (Wildman–Crippen MR) is 149 cm³/mol. The second-order valence-electron chi connectivity index (χ2n) is 7.90. The molecular formula is C28H20BrN3O4S. The largest absolute Gasteiger partial charge is 0.507 e. The lowest BCUT2D eigenvalue weighted by molar-refractivity contribution is -0.122. The van der Waals surface area contributed by atoms with Gasteiger partial charge < -0.3 is 14.3 Å². The van der Waals surface area contributed by atoms with Crippen molar-refractivity contribution in [1.82, 2.24) is 4.90 Å². The summed E-state index contributed by atoms with van der Waals surface area (Å²) in [4.78, 5) is 15.2. The Morgan fingerprint density at radius 1 is 1.00 bits per heavy atom. The number of hydrogen-bond acceptors (Lipinski definition) is 7. The Labute approximate surface area is 225 Å². The summed E-state index contributed by atoms with van der Waals surface area (Å²) in [5.41, 5.74) is 1.31. The third-order valence-electron chi connectivity index (χ3n) is 5.25. The van der Waals surface area contributed by atoms with Gasteiger partial charge in [0.15, 0.2) is 5.17 Å². The molecule has 0 aliphatic carbocycles. The standard InChI is InChI=1S/C28H20BrN3O4S/c29-21-11-12-25(33)20(15-21)16-26-27(34)32(18-24-10-5-13-35-24)28(37-26)31-30-17-19-6-4-9-23(14-19)36-22-7-2-1-3-8-22/h1-17,33H,18H2/b26-16-,30-17+,31-28-. The number of ether oxygens (including phenoxy) is 1. The Hall–Kier alpha value is -4.08. The number of carbonyl (C=O) groups excluding carboxylic acids is 1. The molecule has 0 saturated carbocycles. The Kier molecular flexibility index (Phi) is 7.53. The average Bonchev–Trinajstić information content (AvgIpc) is 3.51. The SMILES string of the molecule is O=C1/C(=C/c2cc(Br)ccc2O)S/C(=N\N=C\c2cccc(Oc3ccccc3)c2)N1Cc1ccco1. The minimum absolute atomic E-state index is 0.0719. The fourth-order valence-corrected chi connectivity index (χ4v) is 4.80. The first-order valence-electron chi connectivity index (χ1n) is 11.2. The highest BCUT2D eigenvalue weighted by Gasteiger charge is 2.34. The molecular weight excluding hydrogens is 554 g/mol. The maximum atomic E-state index is 13.2. The van der Waals surface area contributed by atoms with Crippen molar-refractivity contribution in [3.63, 3.8) is 0 Å². The van der Waals surface area contributed by atoms with Gasteiger partial charge in [0.25, 0.3) is 5.91 Å². The van der Waals surface area contributed by atoms with E-state index in [1.807, 2.05) is 54.6 Å². The number of para-hydroxylation sites is 1. The van der Waals surface area contributed by atoms with E-state index in [2.05, 4.69) is 26.1 Å². The number of phenols is 1. The summed E-state index contributed by atoms with van der Waals surface area (Å²) in [5, 5.41) is 19.2. The Morgan fingerprint density at radius 2 is 1.84 bits per heavy atom. The van der Waals surface area contributed by atoms with Crippen LogP contribution in [0.4, 0.5) is 0 Å². The maximum Gasteiger partial charge on any atom is 0.267 e. The monoisotopic (exact) mass is 573 g/mol. The molecule has 1 N–H and O–H groups in total. The Morgan fingerprint density at radius 3 is 2.65 bits per heavy atom. The first-order chi connectivity index (χ1) is 18.0. The van der Waals surface area contributed by atoms with Crippen LogP contribution in [-0.4, -0.2) is 27.3 Å². The van der Waals surface area contributed by atoms with E-state index in [1.165, 1.54) is 16.7 Å². The van der Waals surface area contributed by atoms with Gasteiger partial charge in [-0.2, -0.15) is 5.10 Å². The zero-order chi connectivity index (χ0) is 25.6. The number of aromatic hydroxyl groups is 1. The van der Waals surface area contributed by atoms with E-state index in [1.54, 1.807) is 48.9 Å². The molecule has 0 spiro atoms. The van der Waals surface area contributed by atoms with Crippen LogP contribution >= 0.6 is 27.7 Å². The van der Waals surface area contributed by atoms with Gasteiger partial charge in [0, 0.05) is 10.0 Å². The summed E-state index contributed by atoms with van der Waals surface area (Å²) in [6.07, 6.45) is 4.79. The molecule has 4 aromatic rings. The number of phenolic OH excluding ortho intramolecular Hbond substituents is 1. The van der Waals surface area contributed by atoms with Crippen molar-refractivity contribution >= 4 is 51.1 Å². The first kappa shape index (κ1) is 24.6. The summed E-state index contributed by atoms with van der Waals surface area (Å²) >= 11 is 4.58. The molecule has 1 aliphatic heterocycles. The van der Waals surface area contributed by atoms with Gasteiger partial charge in [-0.3, -0.25) is 9.69 Å². The molecule has 1 aromatic heterocycles. The lowest BCUT2D eigenvalue weighted by Gasteiger charge is -2.12. The van der Waals surface area contributed by atoms with Crippen molar-refractivity contribution in [1.29, 1.82) is 0 Å². The zero-order valence-corrected chi connectivity index (χ0v) is 21.7. The molecule has 0 atom stereocenters. The smallest absolute Gasteiger partial charge is 0.267 e. The van der Waals surface area contributed by atoms with E-state index in [0.717, 1.165) is 15.8 Å². The van der Waals surface area contributed by atoms with Crippen LogP contribution in [0.5, 0.6) is 17.2 Å². The van der Waals surface area contributed by atoms with E-state index in [0.29, 0.717) is 27.1 Å². The molecule has 1 aliphatic rings. The third-order valence-corrected chi connectivity index (χ3v) is 6.74. The van der Waals surface area contributed by atoms with E-state index in [-0.39, 0.29) is 18.2 Å². The van der Waals surface area contributed by atoms with Gasteiger partial charge >= 0.3 is 0 Å². The summed E-state index contributed by atoms with van der Waals surface area (Å²) in [6, 6.07) is 25.6. The highest BCUT2D eigenvalue weighted by Crippen LogP contribution is 2.35. The number of thioether (sulfide) groups is 1. The van der Waals surface area contributed by atoms with Crippen molar-refractivity contribution < 1.29 is 19.1 Å². The van der Waals surface area contributed by atoms with Gasteiger partial charge in [-0.25, -0.2) is 0 Å². The summed E-state index contributed by atoms with van der Waals surface area (Å²) in [5.74, 6) is 1.84. The van der Waals surface area contributed by atoms with Crippen molar-refractivity contribution in [3.8, 4) is 17.2 Å². The van der Waals surface area contributed by atoms with E-state index >= 15 is 0 Å². The van der Waals surface area contributed by atoms with Crippen LogP contribution in [0.15, 0.2) is 115 Å². The molecule has 0 bridgehead atoms. The number of carbonyl (C=O) groups is 1. The maximum absolute atomic E-state index is 13.2. The Balaban J connectivity index is 1.39. The van der Waals surface area contributed by atoms with Crippen LogP contribution in [0.25, 0.3) is 6.08 Å². The van der Waals surface area contributed by atoms with Gasteiger partial charge in [0.1, 0.15) is 23.0 Å². The molecule has 0 radical (unpaired) electrons. The molecule has 1 fully saturated rings. The summed E-state index contributed by atoms with van der Waals surface area (Å²) in [6.45, 7) is 0.204. The number of furan rings is 1. The summed E-state index contributed by atoms with van der Waals surface area (Å²) < 4.78 is 12.1. The van der Waals surface area contributed by atoms with Crippen LogP contribution in [0.3, 0.4) is 0 Å². The number of rotatable bonds is 7. The molecule has 0 unspecified atom stereocenters. The molecule has 1 amide bonds. The number of hydrogen-bond donors (Lipinski definition) is 1. The van der Waals surface area contributed by atoms with Gasteiger partial charge in [-0.1, -0.05) is 46.3 Å². The van der Waals surface area contributed by atoms with E-state index in [4.69, 9.17) is 9.15 Å². The minimum atomic E-state index is -0.256. The first-order valence-corrected chi connectivity index (χ1v) is 12.8. The molecule has 2 heterocycles. The highest BCUT2D eigenvalue weighted by molar-refractivity contribution is 9.10. The van der Waals surface area contributed by atoms with Crippen LogP contribution in [0, 0.1) is 0 Å². The van der Waals surface area contributed by atoms with Crippen LogP contribution in [0.1, 0.15) is 16.9 Å². The number of amidine groups is 1. The van der Waals surface area contributed by atoms with E-state index in [9.17, 15) is 9.90 Å². The second-order valence-corrected chi connectivity index (χ2v) is 9.82. The second kappa shape index (κ2) is 11.3. The zero-order valence-electron chi connectivity index (χ0n) is 19.3. The normalized spacial score (nSPS) is 15.8. The average molecular weight is 574 g/mol. The van der Waals surface area contributed by atoms with Crippen LogP contribution in [-0.2, 0) is 11.3 Å². The predicted octanol–water partition coefficient (Wildman–Crippen LogP) is 7.05. The summed E-state index contributed by atoms with van der Waals surface area (Å²) in [7, 11) is 0.